The molecule has 0 aliphatic carbocycles. The lowest BCUT2D eigenvalue weighted by Crippen LogP contribution is -2.22. The molecule has 1 aromatic heterocycles. The van der Waals surface area contributed by atoms with Crippen LogP contribution in [0.4, 0.5) is 0 Å². The number of carbonyl (C=O) groups is 1. The number of hydrogen-bond acceptors (Lipinski definition) is 5. The molecule has 5 nitrogen and oxygen atoms in total. The summed E-state index contributed by atoms with van der Waals surface area (Å²) >= 11 is 0. The number of fused-ring (bicyclic) bond motifs is 1. The fourth-order valence-corrected chi connectivity index (χ4v) is 2.87. The second kappa shape index (κ2) is 9.04. The molecule has 3 rings (SSSR count). The smallest absolute Gasteiger partial charge is 0.161 e. The van der Waals surface area contributed by atoms with Crippen LogP contribution in [0.1, 0.15) is 41.4 Å². The number of rotatable bonds is 8. The van der Waals surface area contributed by atoms with Crippen molar-refractivity contribution in [1.82, 2.24) is 4.98 Å². The minimum absolute atomic E-state index is 0.128. The highest BCUT2D eigenvalue weighted by Gasteiger charge is 2.07. The van der Waals surface area contributed by atoms with Gasteiger partial charge in [0.1, 0.15) is 0 Å². The summed E-state index contributed by atoms with van der Waals surface area (Å²) in [5.74, 6) is 0.139. The maximum Gasteiger partial charge on any atom is 0.161 e. The number of nitrogens with zero attached hydrogens (tertiary/aromatic N) is 1. The van der Waals surface area contributed by atoms with E-state index in [2.05, 4.69) is 11.9 Å². The van der Waals surface area contributed by atoms with E-state index in [0.717, 1.165) is 18.4 Å². The number of benzene rings is 2. The monoisotopic (exact) mass is 376 g/mol. The van der Waals surface area contributed by atoms with Gasteiger partial charge >= 0.3 is 0 Å². The number of hydrogen-bond donors (Lipinski definition) is 0. The van der Waals surface area contributed by atoms with E-state index in [-0.39, 0.29) is 5.56 Å². The molecule has 0 spiro atoms. The molecule has 0 aliphatic heterocycles. The van der Waals surface area contributed by atoms with E-state index in [4.69, 9.17) is 9.47 Å². The van der Waals surface area contributed by atoms with Crippen molar-refractivity contribution in [1.29, 1.82) is 0 Å². The molecule has 144 valence electrons. The zero-order valence-electron chi connectivity index (χ0n) is 16.0. The number of carboxylic acid groups (broad SMARTS) is 1. The van der Waals surface area contributed by atoms with E-state index in [1.807, 2.05) is 30.3 Å². The van der Waals surface area contributed by atoms with Crippen molar-refractivity contribution in [2.75, 3.05) is 13.7 Å². The lowest BCUT2D eigenvalue weighted by molar-refractivity contribution is -0.254. The summed E-state index contributed by atoms with van der Waals surface area (Å²) in [7, 11) is 1.61. The Balaban J connectivity index is 1.91. The zero-order chi connectivity index (χ0) is 19.9. The molecule has 1 heterocycles. The predicted octanol–water partition coefficient (Wildman–Crippen LogP) is 3.96. The fourth-order valence-electron chi connectivity index (χ4n) is 2.87. The summed E-state index contributed by atoms with van der Waals surface area (Å²) in [5, 5.41) is 12.1. The summed E-state index contributed by atoms with van der Waals surface area (Å²) in [4.78, 5) is 16.0. The molecule has 0 unspecified atom stereocenters. The second-order valence-electron chi connectivity index (χ2n) is 6.34. The molecular weight excluding hydrogens is 354 g/mol. The van der Waals surface area contributed by atoms with Gasteiger partial charge in [-0.15, -0.1) is 0 Å². The average Bonchev–Trinajstić information content (AvgIpc) is 2.71. The molecule has 0 saturated heterocycles. The third-order valence-electron chi connectivity index (χ3n) is 4.35. The number of ether oxygens (including phenoxy) is 2. The van der Waals surface area contributed by atoms with Crippen molar-refractivity contribution >= 4 is 29.0 Å². The Hall–Kier alpha value is -3.34. The first-order valence-corrected chi connectivity index (χ1v) is 9.22. The third-order valence-corrected chi connectivity index (χ3v) is 4.35. The molecule has 5 heteroatoms. The van der Waals surface area contributed by atoms with Crippen LogP contribution in [0.25, 0.3) is 23.1 Å². The van der Waals surface area contributed by atoms with Crippen molar-refractivity contribution < 1.29 is 19.4 Å². The Morgan fingerprint density at radius 3 is 2.68 bits per heavy atom. The Kier molecular flexibility index (Phi) is 6.27. The molecule has 0 radical (unpaired) electrons. The molecule has 3 aromatic rings. The Morgan fingerprint density at radius 2 is 1.93 bits per heavy atom. The van der Waals surface area contributed by atoms with Gasteiger partial charge in [-0.25, -0.2) is 4.98 Å². The Morgan fingerprint density at radius 1 is 1.11 bits per heavy atom. The molecule has 0 amide bonds. The SMILES string of the molecule is CCCCOc1cc(/C=C/c2cc(C(=O)[O-])c3ccccc3n2)ccc1OC. The van der Waals surface area contributed by atoms with Gasteiger partial charge in [-0.1, -0.05) is 43.7 Å². The van der Waals surface area contributed by atoms with E-state index in [1.165, 1.54) is 6.07 Å². The second-order valence-corrected chi connectivity index (χ2v) is 6.34. The minimum Gasteiger partial charge on any atom is -0.545 e. The van der Waals surface area contributed by atoms with Gasteiger partial charge in [0.2, 0.25) is 0 Å². The first kappa shape index (κ1) is 19.4. The molecule has 0 atom stereocenters. The quantitative estimate of drug-likeness (QED) is 0.557. The highest BCUT2D eigenvalue weighted by molar-refractivity contribution is 6.02. The number of aromatic carboxylic acids is 1. The van der Waals surface area contributed by atoms with Crippen molar-refractivity contribution in [3.63, 3.8) is 0 Å². The summed E-state index contributed by atoms with van der Waals surface area (Å²) in [5.41, 5.74) is 2.19. The standard InChI is InChI=1S/C23H23NO4/c1-3-4-13-28-22-14-16(10-12-21(22)27-2)9-11-17-15-19(23(25)26)18-7-5-6-8-20(18)24-17/h5-12,14-15H,3-4,13H2,1-2H3,(H,25,26)/p-1/b11-9+. The highest BCUT2D eigenvalue weighted by Crippen LogP contribution is 2.29. The molecular formula is C23H22NO4-. The van der Waals surface area contributed by atoms with Gasteiger partial charge in [0.15, 0.2) is 11.5 Å². The minimum atomic E-state index is -1.22. The van der Waals surface area contributed by atoms with Gasteiger partial charge in [0.25, 0.3) is 0 Å². The summed E-state index contributed by atoms with van der Waals surface area (Å²) in [6, 6.07) is 14.3. The summed E-state index contributed by atoms with van der Waals surface area (Å²) in [6.07, 6.45) is 5.66. The van der Waals surface area contributed by atoms with Crippen LogP contribution in [-0.2, 0) is 0 Å². The van der Waals surface area contributed by atoms with Crippen molar-refractivity contribution in [2.45, 2.75) is 19.8 Å². The molecule has 0 bridgehead atoms. The van der Waals surface area contributed by atoms with Gasteiger partial charge in [0, 0.05) is 10.9 Å². The van der Waals surface area contributed by atoms with E-state index < -0.39 is 5.97 Å². The van der Waals surface area contributed by atoms with Crippen molar-refractivity contribution in [3.05, 3.63) is 65.4 Å². The largest absolute Gasteiger partial charge is 0.545 e. The predicted molar refractivity (Wildman–Crippen MR) is 108 cm³/mol. The van der Waals surface area contributed by atoms with E-state index in [0.29, 0.717) is 34.7 Å². The fraction of sp³-hybridized carbons (Fsp3) is 0.217. The number of carboxylic acids is 1. The van der Waals surface area contributed by atoms with Crippen molar-refractivity contribution in [2.24, 2.45) is 0 Å². The summed E-state index contributed by atoms with van der Waals surface area (Å²) < 4.78 is 11.2. The van der Waals surface area contributed by atoms with E-state index in [9.17, 15) is 9.90 Å². The summed E-state index contributed by atoms with van der Waals surface area (Å²) in [6.45, 7) is 2.73. The number of aromatic nitrogens is 1. The first-order valence-electron chi connectivity index (χ1n) is 9.22. The lowest BCUT2D eigenvalue weighted by atomic mass is 10.1. The maximum absolute atomic E-state index is 11.5. The van der Waals surface area contributed by atoms with Crippen LogP contribution >= 0.6 is 0 Å². The number of pyridine rings is 1. The lowest BCUT2D eigenvalue weighted by Gasteiger charge is -2.11. The molecule has 0 fully saturated rings. The molecule has 2 aromatic carbocycles. The van der Waals surface area contributed by atoms with E-state index in [1.54, 1.807) is 31.4 Å². The van der Waals surface area contributed by atoms with Crippen LogP contribution in [0.15, 0.2) is 48.5 Å². The Bertz CT molecular complexity index is 1010. The van der Waals surface area contributed by atoms with Crippen LogP contribution in [0.2, 0.25) is 0 Å². The van der Waals surface area contributed by atoms with Crippen LogP contribution in [-0.4, -0.2) is 24.7 Å². The van der Waals surface area contributed by atoms with Gasteiger partial charge < -0.3 is 19.4 Å². The number of unbranched alkanes of at least 4 members (excludes halogenated alkanes) is 1. The van der Waals surface area contributed by atoms with Crippen LogP contribution in [0.5, 0.6) is 11.5 Å². The number of para-hydroxylation sites is 1. The van der Waals surface area contributed by atoms with Gasteiger partial charge in [-0.2, -0.15) is 0 Å². The third kappa shape index (κ3) is 4.49. The van der Waals surface area contributed by atoms with Crippen molar-refractivity contribution in [3.8, 4) is 11.5 Å². The van der Waals surface area contributed by atoms with Crippen LogP contribution < -0.4 is 14.6 Å². The van der Waals surface area contributed by atoms with Gasteiger partial charge in [0.05, 0.1) is 30.9 Å². The highest BCUT2D eigenvalue weighted by atomic mass is 16.5. The topological polar surface area (TPSA) is 71.5 Å². The van der Waals surface area contributed by atoms with Crippen LogP contribution in [0.3, 0.4) is 0 Å². The number of carbonyl (C=O) groups excluding carboxylic acids is 1. The maximum atomic E-state index is 11.5. The van der Waals surface area contributed by atoms with E-state index >= 15 is 0 Å². The average molecular weight is 376 g/mol. The number of methoxy groups -OCH3 is 1. The van der Waals surface area contributed by atoms with Gasteiger partial charge in [-0.3, -0.25) is 0 Å². The Labute approximate surface area is 164 Å². The first-order chi connectivity index (χ1) is 13.6. The van der Waals surface area contributed by atoms with Crippen LogP contribution in [0, 0.1) is 0 Å². The normalized spacial score (nSPS) is 11.1. The molecule has 0 aliphatic rings. The van der Waals surface area contributed by atoms with Gasteiger partial charge in [-0.05, 0) is 42.3 Å². The zero-order valence-corrected chi connectivity index (χ0v) is 16.0. The molecule has 28 heavy (non-hydrogen) atoms. The molecule has 0 saturated carbocycles. The molecule has 0 N–H and O–H groups in total.